The topological polar surface area (TPSA) is 28.2 Å². The summed E-state index contributed by atoms with van der Waals surface area (Å²) in [6, 6.07) is 7.19. The van der Waals surface area contributed by atoms with Gasteiger partial charge in [-0.25, -0.2) is 0 Å². The molecule has 0 aromatic carbocycles. The maximum absolute atomic E-state index is 4.77. The van der Waals surface area contributed by atoms with Gasteiger partial charge in [0.15, 0.2) is 0 Å². The normalized spacial score (nSPS) is 16.4. The minimum atomic E-state index is 0.782. The van der Waals surface area contributed by atoms with Gasteiger partial charge >= 0.3 is 0 Å². The number of nitrogens with zero attached hydrogens (tertiary/aromatic N) is 2. The van der Waals surface area contributed by atoms with Gasteiger partial charge in [0.1, 0.15) is 0 Å². The van der Waals surface area contributed by atoms with E-state index in [2.05, 4.69) is 42.3 Å². The number of pyridine rings is 1. The van der Waals surface area contributed by atoms with E-state index in [0.29, 0.717) is 0 Å². The largest absolute Gasteiger partial charge is 0.311 e. The van der Waals surface area contributed by atoms with Crippen LogP contribution in [-0.2, 0) is 13.1 Å². The second-order valence-corrected chi connectivity index (χ2v) is 5.40. The van der Waals surface area contributed by atoms with Crippen LogP contribution in [0.25, 0.3) is 0 Å². The van der Waals surface area contributed by atoms with Crippen LogP contribution >= 0.6 is 0 Å². The highest BCUT2D eigenvalue weighted by atomic mass is 15.2. The third-order valence-corrected chi connectivity index (χ3v) is 4.03. The Morgan fingerprint density at radius 2 is 1.95 bits per heavy atom. The van der Waals surface area contributed by atoms with Crippen molar-refractivity contribution in [3.8, 4) is 0 Å². The molecule has 0 bridgehead atoms. The number of hydrogen-bond donors (Lipinski definition) is 1. The maximum atomic E-state index is 4.77. The Morgan fingerprint density at radius 1 is 1.21 bits per heavy atom. The highest BCUT2D eigenvalue weighted by Gasteiger charge is 2.21. The molecular weight excluding hydrogens is 234 g/mol. The molecule has 1 fully saturated rings. The van der Waals surface area contributed by atoms with Crippen LogP contribution in [0.5, 0.6) is 0 Å². The van der Waals surface area contributed by atoms with Crippen LogP contribution in [-0.4, -0.2) is 29.0 Å². The van der Waals surface area contributed by atoms with Crippen LogP contribution < -0.4 is 5.32 Å². The second-order valence-electron chi connectivity index (χ2n) is 5.40. The summed E-state index contributed by atoms with van der Waals surface area (Å²) in [5, 5.41) is 3.34. The van der Waals surface area contributed by atoms with Crippen molar-refractivity contribution in [1.82, 2.24) is 15.2 Å². The van der Waals surface area contributed by atoms with Gasteiger partial charge < -0.3 is 5.32 Å². The minimum absolute atomic E-state index is 0.782. The molecular formula is C16H27N3. The molecule has 0 spiro atoms. The molecule has 0 saturated heterocycles. The third-order valence-electron chi connectivity index (χ3n) is 4.03. The third kappa shape index (κ3) is 4.29. The van der Waals surface area contributed by atoms with Gasteiger partial charge in [0.2, 0.25) is 0 Å². The number of hydrogen-bond acceptors (Lipinski definition) is 3. The fourth-order valence-corrected chi connectivity index (χ4v) is 2.95. The van der Waals surface area contributed by atoms with Gasteiger partial charge in [-0.1, -0.05) is 32.8 Å². The first-order valence-electron chi connectivity index (χ1n) is 7.73. The summed E-state index contributed by atoms with van der Waals surface area (Å²) in [4.78, 5) is 7.35. The van der Waals surface area contributed by atoms with Crippen molar-refractivity contribution in [3.05, 3.63) is 29.6 Å². The smallest absolute Gasteiger partial charge is 0.0547 e. The van der Waals surface area contributed by atoms with E-state index in [-0.39, 0.29) is 0 Å². The highest BCUT2D eigenvalue weighted by molar-refractivity contribution is 5.11. The first kappa shape index (κ1) is 14.5. The quantitative estimate of drug-likeness (QED) is 0.818. The van der Waals surface area contributed by atoms with Gasteiger partial charge in [-0.15, -0.1) is 0 Å². The second kappa shape index (κ2) is 7.61. The summed E-state index contributed by atoms with van der Waals surface area (Å²) in [6.07, 6.45) is 5.53. The molecule has 1 aliphatic carbocycles. The van der Waals surface area contributed by atoms with Crippen molar-refractivity contribution < 1.29 is 0 Å². The predicted octanol–water partition coefficient (Wildman–Crippen LogP) is 2.96. The standard InChI is InChI=1S/C16H27N3/c1-3-17-12-14-8-7-9-15(18-14)13-19(4-2)16-10-5-6-11-16/h7-9,16-17H,3-6,10-13H2,1-2H3. The Kier molecular flexibility index (Phi) is 5.80. The molecule has 2 rings (SSSR count). The van der Waals surface area contributed by atoms with Crippen molar-refractivity contribution in [2.24, 2.45) is 0 Å². The Hall–Kier alpha value is -0.930. The van der Waals surface area contributed by atoms with Crippen LogP contribution in [0.4, 0.5) is 0 Å². The van der Waals surface area contributed by atoms with Gasteiger partial charge in [-0.2, -0.15) is 0 Å². The van der Waals surface area contributed by atoms with E-state index in [0.717, 1.165) is 37.9 Å². The SMILES string of the molecule is CCNCc1cccc(CN(CC)C2CCCC2)n1. The molecule has 1 aromatic rings. The summed E-state index contributed by atoms with van der Waals surface area (Å²) < 4.78 is 0. The molecule has 0 radical (unpaired) electrons. The Morgan fingerprint density at radius 3 is 2.63 bits per heavy atom. The van der Waals surface area contributed by atoms with Crippen LogP contribution in [0.1, 0.15) is 50.9 Å². The monoisotopic (exact) mass is 261 g/mol. The number of aromatic nitrogens is 1. The van der Waals surface area contributed by atoms with Crippen molar-refractivity contribution in [2.45, 2.75) is 58.7 Å². The lowest BCUT2D eigenvalue weighted by atomic mass is 10.2. The molecule has 1 aliphatic rings. The molecule has 1 aromatic heterocycles. The molecule has 1 saturated carbocycles. The van der Waals surface area contributed by atoms with E-state index >= 15 is 0 Å². The first-order chi connectivity index (χ1) is 9.33. The first-order valence-corrected chi connectivity index (χ1v) is 7.73. The van der Waals surface area contributed by atoms with Crippen molar-refractivity contribution >= 4 is 0 Å². The van der Waals surface area contributed by atoms with E-state index in [1.54, 1.807) is 0 Å². The van der Waals surface area contributed by atoms with Gasteiger partial charge in [-0.3, -0.25) is 9.88 Å². The van der Waals surface area contributed by atoms with Gasteiger partial charge in [-0.05, 0) is 38.1 Å². The molecule has 3 nitrogen and oxygen atoms in total. The Labute approximate surface area is 117 Å². The fraction of sp³-hybridized carbons (Fsp3) is 0.688. The van der Waals surface area contributed by atoms with E-state index in [1.807, 2.05) is 0 Å². The minimum Gasteiger partial charge on any atom is -0.311 e. The van der Waals surface area contributed by atoms with E-state index < -0.39 is 0 Å². The van der Waals surface area contributed by atoms with E-state index in [9.17, 15) is 0 Å². The average molecular weight is 261 g/mol. The van der Waals surface area contributed by atoms with E-state index in [1.165, 1.54) is 31.4 Å². The average Bonchev–Trinajstić information content (AvgIpc) is 2.97. The maximum Gasteiger partial charge on any atom is 0.0547 e. The van der Waals surface area contributed by atoms with Crippen LogP contribution in [0.2, 0.25) is 0 Å². The van der Waals surface area contributed by atoms with Crippen LogP contribution in [0.15, 0.2) is 18.2 Å². The summed E-state index contributed by atoms with van der Waals surface area (Å²) in [7, 11) is 0. The summed E-state index contributed by atoms with van der Waals surface area (Å²) in [6.45, 7) is 8.39. The molecule has 3 heteroatoms. The number of rotatable bonds is 7. The van der Waals surface area contributed by atoms with Crippen LogP contribution in [0.3, 0.4) is 0 Å². The molecule has 19 heavy (non-hydrogen) atoms. The molecule has 0 amide bonds. The predicted molar refractivity (Wildman–Crippen MR) is 80.0 cm³/mol. The van der Waals surface area contributed by atoms with Crippen molar-refractivity contribution in [3.63, 3.8) is 0 Å². The summed E-state index contributed by atoms with van der Waals surface area (Å²) >= 11 is 0. The Balaban J connectivity index is 1.96. The zero-order valence-electron chi connectivity index (χ0n) is 12.4. The molecule has 0 atom stereocenters. The summed E-state index contributed by atoms with van der Waals surface area (Å²) in [5.41, 5.74) is 2.37. The lowest BCUT2D eigenvalue weighted by Gasteiger charge is -2.27. The highest BCUT2D eigenvalue weighted by Crippen LogP contribution is 2.24. The molecule has 1 N–H and O–H groups in total. The van der Waals surface area contributed by atoms with E-state index in [4.69, 9.17) is 4.98 Å². The fourth-order valence-electron chi connectivity index (χ4n) is 2.95. The molecule has 106 valence electrons. The lowest BCUT2D eigenvalue weighted by molar-refractivity contribution is 0.198. The summed E-state index contributed by atoms with van der Waals surface area (Å²) in [5.74, 6) is 0. The molecule has 1 heterocycles. The zero-order chi connectivity index (χ0) is 13.5. The van der Waals surface area contributed by atoms with Gasteiger partial charge in [0, 0.05) is 19.1 Å². The molecule has 0 aliphatic heterocycles. The lowest BCUT2D eigenvalue weighted by Crippen LogP contribution is -2.32. The number of nitrogens with one attached hydrogen (secondary N) is 1. The van der Waals surface area contributed by atoms with Crippen molar-refractivity contribution in [1.29, 1.82) is 0 Å². The van der Waals surface area contributed by atoms with Gasteiger partial charge in [0.25, 0.3) is 0 Å². The molecule has 0 unspecified atom stereocenters. The Bertz CT molecular complexity index is 372. The van der Waals surface area contributed by atoms with Crippen molar-refractivity contribution in [2.75, 3.05) is 13.1 Å². The zero-order valence-corrected chi connectivity index (χ0v) is 12.4. The van der Waals surface area contributed by atoms with Crippen LogP contribution in [0, 0.1) is 0 Å². The van der Waals surface area contributed by atoms with Gasteiger partial charge in [0.05, 0.1) is 11.4 Å².